The average molecular weight is 580 g/mol. The Kier molecular flexibility index (Phi) is 7.51. The highest BCUT2D eigenvalue weighted by atomic mass is 19.4. The minimum Gasteiger partial charge on any atom is -0.477 e. The highest BCUT2D eigenvalue weighted by molar-refractivity contribution is 5.77. The molecule has 1 N–H and O–H groups in total. The third-order valence-corrected chi connectivity index (χ3v) is 3.58. The van der Waals surface area contributed by atoms with Gasteiger partial charge in [-0.2, -0.15) is 92.2 Å². The maximum atomic E-state index is 13.2. The first-order valence-corrected chi connectivity index (χ1v) is 7.05. The molecule has 0 aromatic carbocycles. The summed E-state index contributed by atoms with van der Waals surface area (Å²) in [5, 5.41) is 7.64. The molecule has 210 valence electrons. The lowest BCUT2D eigenvalue weighted by molar-refractivity contribution is -0.521. The molecule has 0 amide bonds. The zero-order chi connectivity index (χ0) is 29.3. The second-order valence-electron chi connectivity index (χ2n) is 5.96. The van der Waals surface area contributed by atoms with E-state index in [1.54, 1.807) is 0 Å². The fraction of sp³-hybridized carbons (Fsp3) is 0.909. The Morgan fingerprint density at radius 3 is 0.943 bits per heavy atom. The summed E-state index contributed by atoms with van der Waals surface area (Å²) in [4.78, 5) is 9.84. The normalized spacial score (nSPS) is 16.5. The van der Waals surface area contributed by atoms with E-state index in [0.717, 1.165) is 4.74 Å². The number of aliphatic carboxylic acids is 1. The van der Waals surface area contributed by atoms with Crippen molar-refractivity contribution in [3.05, 3.63) is 0 Å². The molecule has 0 saturated heterocycles. The Balaban J connectivity index is 6.71. The van der Waals surface area contributed by atoms with E-state index in [4.69, 9.17) is 5.11 Å². The zero-order valence-corrected chi connectivity index (χ0v) is 14.7. The minimum atomic E-state index is -8.90. The van der Waals surface area contributed by atoms with Gasteiger partial charge in [-0.15, -0.1) is 0 Å². The van der Waals surface area contributed by atoms with Crippen molar-refractivity contribution >= 4 is 5.97 Å². The van der Waals surface area contributed by atoms with Gasteiger partial charge in [-0.25, -0.2) is 9.53 Å². The van der Waals surface area contributed by atoms with E-state index in [0.29, 0.717) is 0 Å². The van der Waals surface area contributed by atoms with Gasteiger partial charge in [0.2, 0.25) is 0 Å². The molecule has 3 nitrogen and oxygen atoms in total. The molecule has 35 heavy (non-hydrogen) atoms. The van der Waals surface area contributed by atoms with Crippen molar-refractivity contribution in [2.45, 2.75) is 59.9 Å². The van der Waals surface area contributed by atoms with Gasteiger partial charge in [0.05, 0.1) is 0 Å². The van der Waals surface area contributed by atoms with E-state index < -0.39 is 65.8 Å². The molecule has 0 spiro atoms. The van der Waals surface area contributed by atoms with Crippen molar-refractivity contribution in [2.24, 2.45) is 0 Å². The molecule has 0 aliphatic carbocycles. The maximum Gasteiger partial charge on any atom is 0.460 e. The summed E-state index contributed by atoms with van der Waals surface area (Å²) in [6, 6.07) is 0. The number of carboxylic acids is 1. The summed E-state index contributed by atoms with van der Waals surface area (Å²) in [6.45, 7) is 0. The topological polar surface area (TPSA) is 46.5 Å². The van der Waals surface area contributed by atoms with Gasteiger partial charge in [0.25, 0.3) is 0 Å². The van der Waals surface area contributed by atoms with Gasteiger partial charge in [0.15, 0.2) is 0 Å². The molecule has 0 atom stereocenters. The van der Waals surface area contributed by atoms with Crippen molar-refractivity contribution in [1.29, 1.82) is 0 Å². The van der Waals surface area contributed by atoms with Crippen molar-refractivity contribution in [3.63, 3.8) is 0 Å². The first-order chi connectivity index (χ1) is 14.7. The smallest absolute Gasteiger partial charge is 0.460 e. The first kappa shape index (κ1) is 33.0. The second kappa shape index (κ2) is 7.98. The minimum absolute atomic E-state index is 0.884. The van der Waals surface area contributed by atoms with Crippen molar-refractivity contribution in [2.75, 3.05) is 0 Å². The number of rotatable bonds is 10. The largest absolute Gasteiger partial charge is 0.477 e. The third kappa shape index (κ3) is 4.27. The summed E-state index contributed by atoms with van der Waals surface area (Å²) in [6.07, 6.45) is -24.9. The van der Waals surface area contributed by atoms with E-state index in [-0.39, 0.29) is 0 Å². The Bertz CT molecular complexity index is 808. The summed E-state index contributed by atoms with van der Waals surface area (Å²) in [5.41, 5.74) is 0. The van der Waals surface area contributed by atoms with Gasteiger partial charge in [-0.1, -0.05) is 0 Å². The van der Waals surface area contributed by atoms with Crippen LogP contribution in [0.3, 0.4) is 0 Å². The van der Waals surface area contributed by atoms with Crippen LogP contribution in [-0.2, 0) is 9.53 Å². The summed E-state index contributed by atoms with van der Waals surface area (Å²) >= 11 is 0. The lowest BCUT2D eigenvalue weighted by Crippen LogP contribution is -2.72. The van der Waals surface area contributed by atoms with Crippen LogP contribution >= 0.6 is 0 Å². The van der Waals surface area contributed by atoms with Crippen LogP contribution in [-0.4, -0.2) is 70.9 Å². The predicted molar refractivity (Wildman–Crippen MR) is 59.3 cm³/mol. The molecule has 0 unspecified atom stereocenters. The first-order valence-electron chi connectivity index (χ1n) is 7.05. The molecular formula is C11HF21O3. The number of halogens is 21. The maximum absolute atomic E-state index is 13.2. The number of hydrogen-bond donors (Lipinski definition) is 1. The molecule has 0 heterocycles. The molecule has 0 fully saturated rings. The lowest BCUT2D eigenvalue weighted by atomic mass is 9.97. The SMILES string of the molecule is O=C(O)C(F)(F)C(F)(F)C(F)(F)C(F)(F)OC(F)(F)C(F)(F)C(F)(F)C(F)(F)C(F)(F)C(F)(F)F. The van der Waals surface area contributed by atoms with Crippen LogP contribution in [0.1, 0.15) is 0 Å². The second-order valence-corrected chi connectivity index (χ2v) is 5.96. The lowest BCUT2D eigenvalue weighted by Gasteiger charge is -2.41. The molecule has 0 rings (SSSR count). The number of carboxylic acid groups (broad SMARTS) is 1. The highest BCUT2D eigenvalue weighted by Gasteiger charge is 2.93. The number of carbonyl (C=O) groups is 1. The Morgan fingerprint density at radius 1 is 0.429 bits per heavy atom. The van der Waals surface area contributed by atoms with E-state index >= 15 is 0 Å². The molecule has 24 heteroatoms. The van der Waals surface area contributed by atoms with Crippen LogP contribution in [0.5, 0.6) is 0 Å². The number of alkyl halides is 21. The predicted octanol–water partition coefficient (Wildman–Crippen LogP) is 6.28. The Hall–Kier alpha value is -2.04. The molecule has 0 bridgehead atoms. The highest BCUT2D eigenvalue weighted by Crippen LogP contribution is 2.62. The average Bonchev–Trinajstić information content (AvgIpc) is 2.58. The van der Waals surface area contributed by atoms with E-state index in [2.05, 4.69) is 0 Å². The molecule has 0 aliphatic heterocycles. The van der Waals surface area contributed by atoms with E-state index in [1.165, 1.54) is 0 Å². The Morgan fingerprint density at radius 2 is 0.686 bits per heavy atom. The standard InChI is InChI=1S/C11HF21O3/c12-2(13,1(33)34)3(14,15)7(22,23)10(29,30)35-11(31,32)8(24,25)5(18,19)4(16,17)6(20,21)9(26,27)28/h(H,33,34). The third-order valence-electron chi connectivity index (χ3n) is 3.58. The van der Waals surface area contributed by atoms with Gasteiger partial charge in [-0.3, -0.25) is 0 Å². The molecule has 0 saturated carbocycles. The van der Waals surface area contributed by atoms with Gasteiger partial charge < -0.3 is 5.11 Å². The van der Waals surface area contributed by atoms with E-state index in [9.17, 15) is 97.0 Å². The molecule has 0 aliphatic rings. The fourth-order valence-electron chi connectivity index (χ4n) is 1.56. The number of hydrogen-bond acceptors (Lipinski definition) is 2. The van der Waals surface area contributed by atoms with Crippen LogP contribution in [0.2, 0.25) is 0 Å². The fourth-order valence-corrected chi connectivity index (χ4v) is 1.56. The van der Waals surface area contributed by atoms with Crippen molar-refractivity contribution in [1.82, 2.24) is 0 Å². The van der Waals surface area contributed by atoms with Crippen LogP contribution < -0.4 is 0 Å². The monoisotopic (exact) mass is 580 g/mol. The van der Waals surface area contributed by atoms with Crippen molar-refractivity contribution < 1.29 is 107 Å². The van der Waals surface area contributed by atoms with Crippen molar-refractivity contribution in [3.8, 4) is 0 Å². The molecule has 0 aromatic heterocycles. The van der Waals surface area contributed by atoms with Crippen LogP contribution in [0, 0.1) is 0 Å². The summed E-state index contributed by atoms with van der Waals surface area (Å²) in [7, 11) is 0. The van der Waals surface area contributed by atoms with Gasteiger partial charge in [-0.05, 0) is 0 Å². The molecular weight excluding hydrogens is 579 g/mol. The Labute approximate surface area is 174 Å². The van der Waals surface area contributed by atoms with Crippen LogP contribution in [0.4, 0.5) is 92.2 Å². The van der Waals surface area contributed by atoms with Gasteiger partial charge in [0.1, 0.15) is 0 Å². The van der Waals surface area contributed by atoms with Crippen LogP contribution in [0.15, 0.2) is 0 Å². The summed E-state index contributed by atoms with van der Waals surface area (Å²) < 4.78 is 269. The molecule has 0 aromatic rings. The van der Waals surface area contributed by atoms with Crippen LogP contribution in [0.25, 0.3) is 0 Å². The quantitative estimate of drug-likeness (QED) is 0.310. The van der Waals surface area contributed by atoms with E-state index in [1.807, 2.05) is 0 Å². The van der Waals surface area contributed by atoms with Gasteiger partial charge >= 0.3 is 65.8 Å². The van der Waals surface area contributed by atoms with Gasteiger partial charge in [0, 0.05) is 0 Å². The number of ether oxygens (including phenoxy) is 1. The molecule has 0 radical (unpaired) electrons. The summed E-state index contributed by atoms with van der Waals surface area (Å²) in [5.74, 6) is -63.3. The zero-order valence-electron chi connectivity index (χ0n) is 14.7.